The number of rotatable bonds is 9. The minimum Gasteiger partial charge on any atom is -0.352 e. The molecule has 0 saturated heterocycles. The van der Waals surface area contributed by atoms with Crippen LogP contribution < -0.4 is 5.32 Å². The van der Waals surface area contributed by atoms with E-state index in [2.05, 4.69) is 44.0 Å². The van der Waals surface area contributed by atoms with Gasteiger partial charge in [0, 0.05) is 25.6 Å². The first-order valence-corrected chi connectivity index (χ1v) is 6.92. The van der Waals surface area contributed by atoms with Crippen LogP contribution in [0.15, 0.2) is 0 Å². The topological polar surface area (TPSA) is 56.1 Å². The minimum absolute atomic E-state index is 0.0716. The first-order valence-electron chi connectivity index (χ1n) is 6.92. The third-order valence-electron chi connectivity index (χ3n) is 2.88. The summed E-state index contributed by atoms with van der Waals surface area (Å²) in [5.41, 5.74) is 0. The molecule has 4 heteroatoms. The Morgan fingerprint density at radius 1 is 1.33 bits per heavy atom. The van der Waals surface area contributed by atoms with Gasteiger partial charge in [-0.1, -0.05) is 27.7 Å². The first-order chi connectivity index (χ1) is 8.53. The molecular formula is C14H27N3O. The van der Waals surface area contributed by atoms with Gasteiger partial charge in [-0.25, -0.2) is 0 Å². The zero-order chi connectivity index (χ0) is 14.0. The largest absolute Gasteiger partial charge is 0.352 e. The quantitative estimate of drug-likeness (QED) is 0.685. The second kappa shape index (κ2) is 9.90. The molecule has 0 unspecified atom stereocenters. The highest BCUT2D eigenvalue weighted by molar-refractivity contribution is 5.78. The van der Waals surface area contributed by atoms with E-state index in [4.69, 9.17) is 5.26 Å². The van der Waals surface area contributed by atoms with Gasteiger partial charge in [0.05, 0.1) is 12.6 Å². The second-order valence-corrected chi connectivity index (χ2v) is 5.12. The third-order valence-corrected chi connectivity index (χ3v) is 2.88. The van der Waals surface area contributed by atoms with E-state index in [1.807, 2.05) is 0 Å². The van der Waals surface area contributed by atoms with Crippen molar-refractivity contribution in [1.29, 1.82) is 5.26 Å². The van der Waals surface area contributed by atoms with Crippen molar-refractivity contribution in [2.24, 2.45) is 5.92 Å². The molecule has 0 aromatic rings. The zero-order valence-corrected chi connectivity index (χ0v) is 12.2. The van der Waals surface area contributed by atoms with Gasteiger partial charge in [-0.3, -0.25) is 9.69 Å². The molecular weight excluding hydrogens is 226 g/mol. The number of carbonyl (C=O) groups is 1. The monoisotopic (exact) mass is 253 g/mol. The number of nitrogens with one attached hydrogen (secondary N) is 1. The van der Waals surface area contributed by atoms with Gasteiger partial charge in [0.1, 0.15) is 0 Å². The Kier molecular flexibility index (Phi) is 9.31. The van der Waals surface area contributed by atoms with Crippen LogP contribution in [0.3, 0.4) is 0 Å². The van der Waals surface area contributed by atoms with E-state index < -0.39 is 0 Å². The summed E-state index contributed by atoms with van der Waals surface area (Å²) in [4.78, 5) is 14.0. The predicted molar refractivity (Wildman–Crippen MR) is 74.0 cm³/mol. The van der Waals surface area contributed by atoms with Crippen LogP contribution in [0.5, 0.6) is 0 Å². The maximum Gasteiger partial charge on any atom is 0.234 e. The Morgan fingerprint density at radius 3 is 2.39 bits per heavy atom. The Balaban J connectivity index is 4.20. The van der Waals surface area contributed by atoms with Crippen LogP contribution >= 0.6 is 0 Å². The number of nitriles is 1. The average Bonchev–Trinajstić information content (AvgIpc) is 2.32. The molecule has 1 amide bonds. The summed E-state index contributed by atoms with van der Waals surface area (Å²) in [7, 11) is 0. The Bertz CT molecular complexity index is 267. The molecule has 0 fully saturated rings. The third kappa shape index (κ3) is 8.08. The van der Waals surface area contributed by atoms with Crippen LogP contribution in [0.4, 0.5) is 0 Å². The number of hydrogen-bond donors (Lipinski definition) is 1. The zero-order valence-electron chi connectivity index (χ0n) is 12.2. The van der Waals surface area contributed by atoms with E-state index in [9.17, 15) is 4.79 Å². The van der Waals surface area contributed by atoms with Gasteiger partial charge in [0.15, 0.2) is 0 Å². The minimum atomic E-state index is 0.0716. The fourth-order valence-corrected chi connectivity index (χ4v) is 1.93. The lowest BCUT2D eigenvalue weighted by atomic mass is 10.1. The molecule has 104 valence electrons. The van der Waals surface area contributed by atoms with E-state index >= 15 is 0 Å². The molecule has 18 heavy (non-hydrogen) atoms. The summed E-state index contributed by atoms with van der Waals surface area (Å²) in [6, 6.07) is 2.41. The molecule has 0 aliphatic carbocycles. The lowest BCUT2D eigenvalue weighted by Crippen LogP contribution is -2.43. The molecule has 0 atom stereocenters. The highest BCUT2D eigenvalue weighted by atomic mass is 16.2. The number of nitrogens with zero attached hydrogens (tertiary/aromatic N) is 2. The van der Waals surface area contributed by atoms with Gasteiger partial charge in [0.25, 0.3) is 0 Å². The summed E-state index contributed by atoms with van der Waals surface area (Å²) in [5, 5.41) is 11.7. The van der Waals surface area contributed by atoms with E-state index in [1.54, 1.807) is 0 Å². The smallest absolute Gasteiger partial charge is 0.234 e. The molecule has 1 N–H and O–H groups in total. The van der Waals surface area contributed by atoms with Crippen LogP contribution in [0.1, 0.15) is 47.0 Å². The average molecular weight is 253 g/mol. The fourth-order valence-electron chi connectivity index (χ4n) is 1.93. The highest BCUT2D eigenvalue weighted by Crippen LogP contribution is 2.01. The Hall–Kier alpha value is -1.08. The summed E-state index contributed by atoms with van der Waals surface area (Å²) in [5.74, 6) is 0.576. The Morgan fingerprint density at radius 2 is 1.94 bits per heavy atom. The normalized spacial score (nSPS) is 11.0. The lowest BCUT2D eigenvalue weighted by Gasteiger charge is -2.24. The summed E-state index contributed by atoms with van der Waals surface area (Å²) in [6.07, 6.45) is 2.40. The maximum atomic E-state index is 11.9. The molecule has 0 heterocycles. The number of amides is 1. The van der Waals surface area contributed by atoms with Crippen molar-refractivity contribution < 1.29 is 4.79 Å². The fraction of sp³-hybridized carbons (Fsp3) is 0.857. The molecule has 0 bridgehead atoms. The van der Waals surface area contributed by atoms with Crippen LogP contribution in [-0.2, 0) is 4.79 Å². The van der Waals surface area contributed by atoms with Crippen molar-refractivity contribution in [2.45, 2.75) is 53.0 Å². The van der Waals surface area contributed by atoms with Crippen molar-refractivity contribution in [3.05, 3.63) is 0 Å². The van der Waals surface area contributed by atoms with Gasteiger partial charge in [0.2, 0.25) is 5.91 Å². The van der Waals surface area contributed by atoms with Crippen LogP contribution in [0.25, 0.3) is 0 Å². The molecule has 0 saturated carbocycles. The van der Waals surface area contributed by atoms with Crippen molar-refractivity contribution in [1.82, 2.24) is 10.2 Å². The van der Waals surface area contributed by atoms with E-state index in [-0.39, 0.29) is 11.9 Å². The van der Waals surface area contributed by atoms with Crippen LogP contribution in [0, 0.1) is 17.2 Å². The molecule has 0 radical (unpaired) electrons. The maximum absolute atomic E-state index is 11.9. The van der Waals surface area contributed by atoms with Crippen molar-refractivity contribution in [3.63, 3.8) is 0 Å². The molecule has 0 spiro atoms. The molecule has 0 aliphatic rings. The van der Waals surface area contributed by atoms with Gasteiger partial charge in [-0.05, 0) is 18.8 Å². The number of hydrogen-bond acceptors (Lipinski definition) is 3. The molecule has 0 aromatic heterocycles. The van der Waals surface area contributed by atoms with Gasteiger partial charge in [-0.2, -0.15) is 5.26 Å². The highest BCUT2D eigenvalue weighted by Gasteiger charge is 2.14. The van der Waals surface area contributed by atoms with Crippen molar-refractivity contribution in [3.8, 4) is 6.07 Å². The predicted octanol–water partition coefficient (Wildman–Crippen LogP) is 2.16. The van der Waals surface area contributed by atoms with Gasteiger partial charge < -0.3 is 5.32 Å². The number of carbonyl (C=O) groups excluding carboxylic acids is 1. The standard InChI is InChI=1S/C14H27N3O/c1-5-13(6-2)16-14(18)11-17(9-7-8-15)10-12(3)4/h12-13H,5-7,9-11H2,1-4H3,(H,16,18). The molecule has 0 aromatic carbocycles. The van der Waals surface area contributed by atoms with Gasteiger partial charge >= 0.3 is 0 Å². The summed E-state index contributed by atoms with van der Waals surface area (Å²) >= 11 is 0. The van der Waals surface area contributed by atoms with E-state index in [1.165, 1.54) is 0 Å². The van der Waals surface area contributed by atoms with Crippen LogP contribution in [0.2, 0.25) is 0 Å². The van der Waals surface area contributed by atoms with Gasteiger partial charge in [-0.15, -0.1) is 0 Å². The van der Waals surface area contributed by atoms with Crippen molar-refractivity contribution in [2.75, 3.05) is 19.6 Å². The van der Waals surface area contributed by atoms with Crippen LogP contribution in [-0.4, -0.2) is 36.5 Å². The molecule has 4 nitrogen and oxygen atoms in total. The lowest BCUT2D eigenvalue weighted by molar-refractivity contribution is -0.123. The first kappa shape index (κ1) is 16.9. The Labute approximate surface area is 111 Å². The second-order valence-electron chi connectivity index (χ2n) is 5.12. The summed E-state index contributed by atoms with van der Waals surface area (Å²) < 4.78 is 0. The van der Waals surface area contributed by atoms with E-state index in [0.29, 0.717) is 25.4 Å². The van der Waals surface area contributed by atoms with Crippen molar-refractivity contribution >= 4 is 5.91 Å². The SMILES string of the molecule is CCC(CC)NC(=O)CN(CCC#N)CC(C)C. The molecule has 0 rings (SSSR count). The molecule has 0 aliphatic heterocycles. The van der Waals surface area contributed by atoms with E-state index in [0.717, 1.165) is 19.4 Å². The summed E-state index contributed by atoms with van der Waals surface area (Å²) in [6.45, 7) is 10.3.